The highest BCUT2D eigenvalue weighted by Crippen LogP contribution is 2.38. The van der Waals surface area contributed by atoms with Gasteiger partial charge in [0.1, 0.15) is 17.5 Å². The molecule has 2 fully saturated rings. The molecule has 0 aromatic heterocycles. The third-order valence-corrected chi connectivity index (χ3v) is 6.24. The van der Waals surface area contributed by atoms with Crippen molar-refractivity contribution >= 4 is 11.8 Å². The van der Waals surface area contributed by atoms with E-state index in [1.165, 1.54) is 6.07 Å². The van der Waals surface area contributed by atoms with E-state index in [-0.39, 0.29) is 30.0 Å². The van der Waals surface area contributed by atoms with Gasteiger partial charge >= 0.3 is 6.09 Å². The highest BCUT2D eigenvalue weighted by Gasteiger charge is 2.45. The molecule has 1 aliphatic carbocycles. The van der Waals surface area contributed by atoms with Crippen molar-refractivity contribution in [3.8, 4) is 6.07 Å². The molecule has 1 aromatic carbocycles. The molecule has 2 saturated heterocycles. The van der Waals surface area contributed by atoms with Gasteiger partial charge in [-0.2, -0.15) is 5.26 Å². The van der Waals surface area contributed by atoms with Crippen molar-refractivity contribution in [3.63, 3.8) is 0 Å². The van der Waals surface area contributed by atoms with E-state index in [9.17, 15) is 14.4 Å². The van der Waals surface area contributed by atoms with Crippen molar-refractivity contribution in [2.75, 3.05) is 18.0 Å². The van der Waals surface area contributed by atoms with Crippen LogP contribution in [-0.2, 0) is 17.6 Å². The number of carbonyl (C=O) groups excluding carboxylic acids is 1. The van der Waals surface area contributed by atoms with Crippen LogP contribution in [0.1, 0.15) is 56.7 Å². The Labute approximate surface area is 171 Å². The maximum absolute atomic E-state index is 14.9. The van der Waals surface area contributed by atoms with Crippen molar-refractivity contribution in [1.29, 1.82) is 5.26 Å². The number of piperazine rings is 1. The average Bonchev–Trinajstić information content (AvgIpc) is 2.91. The Bertz CT molecular complexity index is 859. The topological polar surface area (TPSA) is 82.6 Å². The first-order valence-corrected chi connectivity index (χ1v) is 10.4. The monoisotopic (exact) mass is 400 g/mol. The predicted molar refractivity (Wildman–Crippen MR) is 108 cm³/mol. The summed E-state index contributed by atoms with van der Waals surface area (Å²) in [6.45, 7) is 6.77. The number of carbonyl (C=O) groups is 1. The molecule has 2 heterocycles. The lowest BCUT2D eigenvalue weighted by molar-refractivity contribution is 0.0123. The number of nitrogens with zero attached hydrogens (tertiary/aromatic N) is 3. The van der Waals surface area contributed by atoms with Crippen LogP contribution >= 0.6 is 0 Å². The number of rotatable bonds is 1. The SMILES string of the molecule is CC(C)(C)OC(=O)N1C2CCC1CN(c1cc(F)c3c(c1C#N)CCC(N)C3)C2. The summed E-state index contributed by atoms with van der Waals surface area (Å²) in [5.41, 5.74) is 8.10. The van der Waals surface area contributed by atoms with Gasteiger partial charge < -0.3 is 15.4 Å². The first-order valence-electron chi connectivity index (χ1n) is 10.4. The van der Waals surface area contributed by atoms with Crippen LogP contribution in [0.3, 0.4) is 0 Å². The molecule has 156 valence electrons. The minimum absolute atomic E-state index is 0.0164. The first kappa shape index (κ1) is 20.0. The van der Waals surface area contributed by atoms with E-state index in [2.05, 4.69) is 11.0 Å². The van der Waals surface area contributed by atoms with Crippen LogP contribution in [0.5, 0.6) is 0 Å². The Hall–Kier alpha value is -2.33. The van der Waals surface area contributed by atoms with E-state index in [1.54, 1.807) is 0 Å². The molecular formula is C22H29FN4O2. The fourth-order valence-corrected chi connectivity index (χ4v) is 5.01. The zero-order chi connectivity index (χ0) is 20.9. The summed E-state index contributed by atoms with van der Waals surface area (Å²) in [6, 6.07) is 3.80. The molecule has 0 radical (unpaired) electrons. The van der Waals surface area contributed by atoms with Crippen LogP contribution in [0.4, 0.5) is 14.9 Å². The molecule has 3 aliphatic rings. The fraction of sp³-hybridized carbons (Fsp3) is 0.636. The lowest BCUT2D eigenvalue weighted by Gasteiger charge is -2.43. The van der Waals surface area contributed by atoms with Crippen molar-refractivity contribution in [2.45, 2.75) is 76.6 Å². The number of nitriles is 1. The largest absolute Gasteiger partial charge is 0.444 e. The summed E-state index contributed by atoms with van der Waals surface area (Å²) >= 11 is 0. The van der Waals surface area contributed by atoms with Gasteiger partial charge in [-0.15, -0.1) is 0 Å². The van der Waals surface area contributed by atoms with Crippen molar-refractivity contribution in [1.82, 2.24) is 4.90 Å². The summed E-state index contributed by atoms with van der Waals surface area (Å²) < 4.78 is 20.5. The molecule has 3 unspecified atom stereocenters. The van der Waals surface area contributed by atoms with Crippen LogP contribution in [0.15, 0.2) is 6.07 Å². The quantitative estimate of drug-likeness (QED) is 0.783. The standard InChI is InChI=1S/C22H29FN4O2/c1-22(2,3)29-21(28)27-14-5-6-15(27)12-26(11-14)20-9-19(23)17-8-13(25)4-7-16(17)18(20)10-24/h9,13-15H,4-8,11-12,25H2,1-3H3. The molecule has 2 aliphatic heterocycles. The molecule has 0 spiro atoms. The summed E-state index contributed by atoms with van der Waals surface area (Å²) in [6.07, 6.45) is 3.39. The zero-order valence-electron chi connectivity index (χ0n) is 17.4. The fourth-order valence-electron chi connectivity index (χ4n) is 5.01. The van der Waals surface area contributed by atoms with Crippen molar-refractivity contribution < 1.29 is 13.9 Å². The van der Waals surface area contributed by atoms with Crippen LogP contribution in [0, 0.1) is 17.1 Å². The van der Waals surface area contributed by atoms with Gasteiger partial charge in [-0.25, -0.2) is 9.18 Å². The predicted octanol–water partition coefficient (Wildman–Crippen LogP) is 3.10. The Morgan fingerprint density at radius 2 is 1.90 bits per heavy atom. The van der Waals surface area contributed by atoms with Gasteiger partial charge in [0.05, 0.1) is 23.3 Å². The molecule has 2 bridgehead atoms. The number of nitrogens with two attached hydrogens (primary N) is 1. The van der Waals surface area contributed by atoms with E-state index >= 15 is 0 Å². The van der Waals surface area contributed by atoms with Crippen LogP contribution < -0.4 is 10.6 Å². The first-order chi connectivity index (χ1) is 13.7. The molecule has 1 amide bonds. The van der Waals surface area contributed by atoms with Gasteiger partial charge in [-0.3, -0.25) is 4.90 Å². The molecule has 6 nitrogen and oxygen atoms in total. The minimum atomic E-state index is -0.538. The molecule has 0 saturated carbocycles. The zero-order valence-corrected chi connectivity index (χ0v) is 17.4. The number of fused-ring (bicyclic) bond motifs is 3. The van der Waals surface area contributed by atoms with Crippen molar-refractivity contribution in [2.24, 2.45) is 5.73 Å². The third kappa shape index (κ3) is 3.66. The Kier molecular flexibility index (Phi) is 4.94. The second-order valence-electron chi connectivity index (χ2n) is 9.50. The average molecular weight is 400 g/mol. The third-order valence-electron chi connectivity index (χ3n) is 6.24. The van der Waals surface area contributed by atoms with Gasteiger partial charge in [-0.1, -0.05) is 0 Å². The lowest BCUT2D eigenvalue weighted by atomic mass is 9.84. The molecule has 1 aromatic rings. The van der Waals surface area contributed by atoms with Crippen LogP contribution in [0.2, 0.25) is 0 Å². The molecule has 3 atom stereocenters. The van der Waals surface area contributed by atoms with E-state index in [0.29, 0.717) is 42.7 Å². The molecular weight excluding hydrogens is 371 g/mol. The number of amides is 1. The maximum atomic E-state index is 14.9. The highest BCUT2D eigenvalue weighted by atomic mass is 19.1. The molecule has 4 rings (SSSR count). The Morgan fingerprint density at radius 1 is 1.24 bits per heavy atom. The minimum Gasteiger partial charge on any atom is -0.444 e. The lowest BCUT2D eigenvalue weighted by Crippen LogP contribution is -2.57. The van der Waals surface area contributed by atoms with E-state index in [1.807, 2.05) is 25.7 Å². The molecule has 2 N–H and O–H groups in total. The number of hydrogen-bond donors (Lipinski definition) is 1. The summed E-state index contributed by atoms with van der Waals surface area (Å²) in [5, 5.41) is 9.86. The molecule has 29 heavy (non-hydrogen) atoms. The normalized spacial score (nSPS) is 26.1. The van der Waals surface area contributed by atoms with Gasteiger partial charge in [0.25, 0.3) is 0 Å². The number of hydrogen-bond acceptors (Lipinski definition) is 5. The van der Waals surface area contributed by atoms with Gasteiger partial charge in [-0.05, 0) is 70.1 Å². The Balaban J connectivity index is 1.61. The summed E-state index contributed by atoms with van der Waals surface area (Å²) in [7, 11) is 0. The second-order valence-corrected chi connectivity index (χ2v) is 9.50. The van der Waals surface area contributed by atoms with Gasteiger partial charge in [0.2, 0.25) is 0 Å². The maximum Gasteiger partial charge on any atom is 0.410 e. The van der Waals surface area contributed by atoms with Crippen LogP contribution in [0.25, 0.3) is 0 Å². The van der Waals surface area contributed by atoms with E-state index in [0.717, 1.165) is 24.8 Å². The van der Waals surface area contributed by atoms with E-state index < -0.39 is 5.60 Å². The summed E-state index contributed by atoms with van der Waals surface area (Å²) in [4.78, 5) is 16.6. The Morgan fingerprint density at radius 3 is 2.48 bits per heavy atom. The number of benzene rings is 1. The van der Waals surface area contributed by atoms with E-state index in [4.69, 9.17) is 10.5 Å². The number of halogens is 1. The second kappa shape index (κ2) is 7.17. The van der Waals surface area contributed by atoms with Crippen LogP contribution in [-0.4, -0.2) is 47.8 Å². The smallest absolute Gasteiger partial charge is 0.410 e. The van der Waals surface area contributed by atoms with Crippen molar-refractivity contribution in [3.05, 3.63) is 28.6 Å². The number of anilines is 1. The van der Waals surface area contributed by atoms with Gasteiger partial charge in [0, 0.05) is 19.1 Å². The number of ether oxygens (including phenoxy) is 1. The summed E-state index contributed by atoms with van der Waals surface area (Å²) in [5.74, 6) is -0.272. The highest BCUT2D eigenvalue weighted by molar-refractivity contribution is 5.71. The molecule has 7 heteroatoms. The van der Waals surface area contributed by atoms with Gasteiger partial charge in [0.15, 0.2) is 0 Å².